The minimum absolute atomic E-state index is 0. The van der Waals surface area contributed by atoms with Gasteiger partial charge in [-0.3, -0.25) is 4.68 Å². The zero-order valence-electron chi connectivity index (χ0n) is 29.7. The number of ether oxygens (including phenoxy) is 1. The summed E-state index contributed by atoms with van der Waals surface area (Å²) in [6.07, 6.45) is 1.82. The van der Waals surface area contributed by atoms with Crippen molar-refractivity contribution in [3.8, 4) is 34.1 Å². The topological polar surface area (TPSA) is 44.9 Å². The summed E-state index contributed by atoms with van der Waals surface area (Å²) < 4.78 is 34.5. The van der Waals surface area contributed by atoms with Crippen molar-refractivity contribution >= 4 is 21.8 Å². The van der Waals surface area contributed by atoms with Crippen molar-refractivity contribution in [2.24, 2.45) is 0 Å². The number of benzene rings is 4. The Labute approximate surface area is 289 Å². The van der Waals surface area contributed by atoms with Gasteiger partial charge in [-0.25, -0.2) is 4.98 Å². The third-order valence-electron chi connectivity index (χ3n) is 8.27. The van der Waals surface area contributed by atoms with E-state index in [1.165, 1.54) is 0 Å². The Morgan fingerprint density at radius 2 is 1.61 bits per heavy atom. The number of nitrogens with zero attached hydrogens (tertiary/aromatic N) is 4. The molecule has 0 fully saturated rings. The molecule has 0 saturated carbocycles. The van der Waals surface area contributed by atoms with Crippen LogP contribution in [0.25, 0.3) is 44.4 Å². The van der Waals surface area contributed by atoms with E-state index in [0.29, 0.717) is 11.5 Å². The van der Waals surface area contributed by atoms with Crippen molar-refractivity contribution in [2.75, 3.05) is 0 Å². The molecular weight excluding hydrogens is 748 g/mol. The minimum atomic E-state index is -2.23. The van der Waals surface area contributed by atoms with Gasteiger partial charge in [0.1, 0.15) is 5.82 Å². The fourth-order valence-electron chi connectivity index (χ4n) is 6.08. The first-order valence-electron chi connectivity index (χ1n) is 16.6. The standard InChI is InChI=1S/C40H36N4O.Pt/c1-25-13-16-36-35(21-25)34-15-14-32(24-37(34)43(36)38-22-30(17-18-41-38)40(5,6)7)45-33-20-26(2)19-31(23-33)44-28(4)39(27(3)42-44)29-11-9-8-10-12-29;/h8-22H,1-7H3;/q-2;+2/i1D3;. The van der Waals surface area contributed by atoms with E-state index in [9.17, 15) is 0 Å². The number of pyridine rings is 1. The van der Waals surface area contributed by atoms with E-state index in [0.717, 1.165) is 67.0 Å². The summed E-state index contributed by atoms with van der Waals surface area (Å²) in [6.45, 7) is 10.4. The van der Waals surface area contributed by atoms with Crippen molar-refractivity contribution < 1.29 is 29.9 Å². The average Bonchev–Trinajstić information content (AvgIpc) is 3.52. The first-order valence-corrected chi connectivity index (χ1v) is 15.1. The van der Waals surface area contributed by atoms with Gasteiger partial charge in [0.25, 0.3) is 0 Å². The molecule has 6 heteroatoms. The summed E-state index contributed by atoms with van der Waals surface area (Å²) in [5.41, 5.74) is 8.87. The maximum Gasteiger partial charge on any atom is 2.00 e. The SMILES string of the molecule is [2H]C([2H])([2H])c1ccc2c(c1)c1ccc(Oc3[c-]c(-n4nc(C)c(-c5ccccc5)c4C)cc(C)c3)[c-]c1n2-c1cc(C(C)(C)C)ccn1.[Pt+2]. The van der Waals surface area contributed by atoms with Crippen molar-refractivity contribution in [3.63, 3.8) is 0 Å². The van der Waals surface area contributed by atoms with E-state index in [1.54, 1.807) is 12.1 Å². The van der Waals surface area contributed by atoms with Gasteiger partial charge >= 0.3 is 21.1 Å². The van der Waals surface area contributed by atoms with Gasteiger partial charge in [-0.2, -0.15) is 16.7 Å². The van der Waals surface area contributed by atoms with Crippen LogP contribution in [0.2, 0.25) is 0 Å². The van der Waals surface area contributed by atoms with E-state index >= 15 is 0 Å². The monoisotopic (exact) mass is 786 g/mol. The average molecular weight is 787 g/mol. The number of fused-ring (bicyclic) bond motifs is 3. The van der Waals surface area contributed by atoms with Crippen molar-refractivity contribution in [3.05, 3.63) is 131 Å². The molecule has 4 aromatic carbocycles. The Bertz CT molecular complexity index is 2330. The van der Waals surface area contributed by atoms with Crippen LogP contribution >= 0.6 is 0 Å². The van der Waals surface area contributed by atoms with Crippen LogP contribution in [0.3, 0.4) is 0 Å². The summed E-state index contributed by atoms with van der Waals surface area (Å²) >= 11 is 0. The third-order valence-corrected chi connectivity index (χ3v) is 8.27. The van der Waals surface area contributed by atoms with Crippen LogP contribution in [0.4, 0.5) is 0 Å². The fourth-order valence-corrected chi connectivity index (χ4v) is 6.08. The summed E-state index contributed by atoms with van der Waals surface area (Å²) in [7, 11) is 0. The first kappa shape index (κ1) is 27.8. The molecule has 0 radical (unpaired) electrons. The predicted molar refractivity (Wildman–Crippen MR) is 183 cm³/mol. The Hall–Kier alpha value is -4.47. The number of aryl methyl sites for hydroxylation is 3. The van der Waals surface area contributed by atoms with Crippen LogP contribution in [-0.2, 0) is 26.5 Å². The summed E-state index contributed by atoms with van der Waals surface area (Å²) in [4.78, 5) is 4.75. The van der Waals surface area contributed by atoms with Crippen LogP contribution in [0, 0.1) is 39.8 Å². The van der Waals surface area contributed by atoms with Crippen LogP contribution < -0.4 is 4.74 Å². The van der Waals surface area contributed by atoms with E-state index in [-0.39, 0.29) is 32.0 Å². The number of hydrogen-bond acceptors (Lipinski definition) is 3. The zero-order valence-corrected chi connectivity index (χ0v) is 28.9. The van der Waals surface area contributed by atoms with Gasteiger partial charge in [0.2, 0.25) is 0 Å². The molecule has 0 amide bonds. The Balaban J connectivity index is 0.00000417. The Kier molecular flexibility index (Phi) is 7.28. The molecular formula is C40H36N4OPt. The molecule has 0 bridgehead atoms. The van der Waals surface area contributed by atoms with Gasteiger partial charge < -0.3 is 9.30 Å². The molecule has 3 aromatic heterocycles. The van der Waals surface area contributed by atoms with Crippen LogP contribution in [-0.4, -0.2) is 19.3 Å². The van der Waals surface area contributed by atoms with Crippen LogP contribution in [0.15, 0.2) is 91.1 Å². The van der Waals surface area contributed by atoms with Crippen molar-refractivity contribution in [1.29, 1.82) is 0 Å². The number of hydrogen-bond donors (Lipinski definition) is 0. The smallest absolute Gasteiger partial charge is 0.509 e. The molecule has 46 heavy (non-hydrogen) atoms. The molecule has 3 heterocycles. The van der Waals surface area contributed by atoms with Gasteiger partial charge in [0.15, 0.2) is 0 Å². The largest absolute Gasteiger partial charge is 2.00 e. The fraction of sp³-hybridized carbons (Fsp3) is 0.200. The Morgan fingerprint density at radius 1 is 0.804 bits per heavy atom. The normalized spacial score (nSPS) is 12.9. The van der Waals surface area contributed by atoms with Crippen LogP contribution in [0.1, 0.15) is 53.0 Å². The molecule has 7 aromatic rings. The van der Waals surface area contributed by atoms with Crippen LogP contribution in [0.5, 0.6) is 11.5 Å². The van der Waals surface area contributed by atoms with Crippen molar-refractivity contribution in [1.82, 2.24) is 19.3 Å². The molecule has 0 aliphatic carbocycles. The number of aromatic nitrogens is 4. The first-order chi connectivity index (χ1) is 22.8. The van der Waals surface area contributed by atoms with E-state index in [2.05, 4.69) is 58.0 Å². The van der Waals surface area contributed by atoms with Gasteiger partial charge in [0.05, 0.1) is 5.69 Å². The molecule has 0 unspecified atom stereocenters. The Morgan fingerprint density at radius 3 is 2.37 bits per heavy atom. The third kappa shape index (κ3) is 5.69. The summed E-state index contributed by atoms with van der Waals surface area (Å²) in [5.74, 6) is 1.76. The molecule has 0 spiro atoms. The molecule has 0 saturated heterocycles. The maximum atomic E-state index is 8.03. The van der Waals surface area contributed by atoms with E-state index in [4.69, 9.17) is 18.9 Å². The van der Waals surface area contributed by atoms with E-state index in [1.807, 2.05) is 83.9 Å². The summed E-state index contributed by atoms with van der Waals surface area (Å²) in [5, 5.41) is 6.55. The second-order valence-corrected chi connectivity index (χ2v) is 12.6. The second-order valence-electron chi connectivity index (χ2n) is 12.6. The predicted octanol–water partition coefficient (Wildman–Crippen LogP) is 9.95. The van der Waals surface area contributed by atoms with Gasteiger partial charge in [-0.1, -0.05) is 81.2 Å². The van der Waals surface area contributed by atoms with E-state index < -0.39 is 6.85 Å². The molecule has 0 aliphatic rings. The molecule has 0 atom stereocenters. The number of rotatable bonds is 5. The zero-order chi connectivity index (χ0) is 34.0. The molecule has 232 valence electrons. The van der Waals surface area contributed by atoms with Crippen molar-refractivity contribution in [2.45, 2.75) is 53.8 Å². The molecule has 0 N–H and O–H groups in total. The van der Waals surface area contributed by atoms with Gasteiger partial charge in [-0.05, 0) is 66.5 Å². The maximum absolute atomic E-state index is 8.03. The minimum Gasteiger partial charge on any atom is -0.509 e. The molecule has 0 aliphatic heterocycles. The summed E-state index contributed by atoms with van der Waals surface area (Å²) in [6, 6.07) is 34.4. The second kappa shape index (κ2) is 12.0. The van der Waals surface area contributed by atoms with Gasteiger partial charge in [-0.15, -0.1) is 35.7 Å². The molecule has 5 nitrogen and oxygen atoms in total. The molecule has 7 rings (SSSR count). The van der Waals surface area contributed by atoms with Gasteiger partial charge in [0, 0.05) is 38.6 Å². The quantitative estimate of drug-likeness (QED) is 0.163.